The Bertz CT molecular complexity index is 777. The molecule has 0 bridgehead atoms. The molecule has 7 nitrogen and oxygen atoms in total. The van der Waals surface area contributed by atoms with Crippen molar-refractivity contribution < 1.29 is 14.3 Å². The van der Waals surface area contributed by atoms with Crippen molar-refractivity contribution >= 4 is 41.3 Å². The third kappa shape index (κ3) is 9.94. The predicted octanol–water partition coefficient (Wildman–Crippen LogP) is 6.15. The van der Waals surface area contributed by atoms with E-state index < -0.39 is 11.7 Å². The maximum absolute atomic E-state index is 11.9. The van der Waals surface area contributed by atoms with Crippen LogP contribution < -0.4 is 10.6 Å². The Balaban J connectivity index is 0.00000184. The van der Waals surface area contributed by atoms with Crippen LogP contribution in [0.25, 0.3) is 0 Å². The highest BCUT2D eigenvalue weighted by Crippen LogP contribution is 2.22. The zero-order valence-electron chi connectivity index (χ0n) is 18.5. The highest BCUT2D eigenvalue weighted by molar-refractivity contribution is 7.98. The van der Waals surface area contributed by atoms with Crippen LogP contribution in [0.2, 0.25) is 0 Å². The summed E-state index contributed by atoms with van der Waals surface area (Å²) in [5.41, 5.74) is 1.00. The lowest BCUT2D eigenvalue weighted by Crippen LogP contribution is -2.27. The maximum atomic E-state index is 11.9. The summed E-state index contributed by atoms with van der Waals surface area (Å²) in [6, 6.07) is 7.03. The smallest absolute Gasteiger partial charge is 0.412 e. The van der Waals surface area contributed by atoms with Gasteiger partial charge in [0, 0.05) is 17.6 Å². The summed E-state index contributed by atoms with van der Waals surface area (Å²) in [4.78, 5) is 31.4. The number of hydrogen-bond acceptors (Lipinski definition) is 7. The third-order valence-corrected chi connectivity index (χ3v) is 3.44. The van der Waals surface area contributed by atoms with Crippen LogP contribution in [0, 0.1) is 0 Å². The van der Waals surface area contributed by atoms with Gasteiger partial charge in [0.2, 0.25) is 0 Å². The second-order valence-corrected chi connectivity index (χ2v) is 6.88. The van der Waals surface area contributed by atoms with Crippen LogP contribution in [0.3, 0.4) is 0 Å². The van der Waals surface area contributed by atoms with E-state index in [9.17, 15) is 9.59 Å². The minimum Gasteiger partial charge on any atom is -0.444 e. The van der Waals surface area contributed by atoms with Crippen LogP contribution in [0.15, 0.2) is 35.6 Å². The van der Waals surface area contributed by atoms with E-state index in [1.165, 1.54) is 18.0 Å². The molecular weight excluding hydrogens is 388 g/mol. The molecule has 1 aromatic heterocycles. The molecule has 0 fully saturated rings. The van der Waals surface area contributed by atoms with E-state index in [-0.39, 0.29) is 0 Å². The van der Waals surface area contributed by atoms with Gasteiger partial charge in [-0.1, -0.05) is 45.5 Å². The van der Waals surface area contributed by atoms with Crippen molar-refractivity contribution in [1.29, 1.82) is 0 Å². The summed E-state index contributed by atoms with van der Waals surface area (Å²) in [6.45, 7) is 13.4. The number of nitrogens with zero attached hydrogens (tertiary/aromatic N) is 2. The minimum atomic E-state index is -0.575. The second-order valence-electron chi connectivity index (χ2n) is 6.11. The molecule has 8 heteroatoms. The highest BCUT2D eigenvalue weighted by atomic mass is 32.2. The van der Waals surface area contributed by atoms with Gasteiger partial charge in [-0.3, -0.25) is 10.1 Å². The van der Waals surface area contributed by atoms with E-state index in [0.717, 1.165) is 0 Å². The summed E-state index contributed by atoms with van der Waals surface area (Å²) < 4.78 is 5.23. The number of carbonyl (C=O) groups is 2. The lowest BCUT2D eigenvalue weighted by Gasteiger charge is -2.19. The molecule has 160 valence electrons. The van der Waals surface area contributed by atoms with Gasteiger partial charge in [0.1, 0.15) is 11.4 Å². The molecule has 0 unspecified atom stereocenters. The van der Waals surface area contributed by atoms with Crippen molar-refractivity contribution in [1.82, 2.24) is 9.97 Å². The molecule has 2 N–H and O–H groups in total. The van der Waals surface area contributed by atoms with Crippen molar-refractivity contribution in [2.45, 2.75) is 59.2 Å². The first-order valence-electron chi connectivity index (χ1n) is 9.54. The first kappa shape index (κ1) is 26.4. The Hall–Kier alpha value is -2.61. The molecule has 1 amide bonds. The Morgan fingerprint density at radius 2 is 1.76 bits per heavy atom. The van der Waals surface area contributed by atoms with E-state index in [1.54, 1.807) is 45.0 Å². The first-order valence-corrected chi connectivity index (χ1v) is 10.8. The van der Waals surface area contributed by atoms with E-state index in [0.29, 0.717) is 34.2 Å². The quantitative estimate of drug-likeness (QED) is 0.340. The SMILES string of the molecule is CC.CC.CSc1ncc(C=O)c(Nc2cccc(NC(=O)OC(C)(C)C)c2)n1. The summed E-state index contributed by atoms with van der Waals surface area (Å²) in [5.74, 6) is 0.406. The van der Waals surface area contributed by atoms with Gasteiger partial charge in [-0.2, -0.15) is 0 Å². The summed E-state index contributed by atoms with van der Waals surface area (Å²) in [7, 11) is 0. The number of nitrogens with one attached hydrogen (secondary N) is 2. The number of anilines is 3. The van der Waals surface area contributed by atoms with Crippen LogP contribution in [-0.4, -0.2) is 34.2 Å². The molecule has 1 aromatic carbocycles. The summed E-state index contributed by atoms with van der Waals surface area (Å²) >= 11 is 1.38. The maximum Gasteiger partial charge on any atom is 0.412 e. The van der Waals surface area contributed by atoms with Crippen molar-refractivity contribution in [3.8, 4) is 0 Å². The normalized spacial score (nSPS) is 9.79. The lowest BCUT2D eigenvalue weighted by molar-refractivity contribution is 0.0636. The lowest BCUT2D eigenvalue weighted by atomic mass is 10.2. The molecule has 2 rings (SSSR count). The highest BCUT2D eigenvalue weighted by Gasteiger charge is 2.16. The molecule has 29 heavy (non-hydrogen) atoms. The molecule has 0 aliphatic rings. The molecule has 0 spiro atoms. The number of aldehydes is 1. The molecule has 0 aliphatic heterocycles. The van der Waals surface area contributed by atoms with Gasteiger partial charge in [-0.15, -0.1) is 0 Å². The minimum absolute atomic E-state index is 0.350. The standard InChI is InChI=1S/C17H20N4O3S.2C2H6/c1-17(2,3)24-16(23)20-13-7-5-6-12(8-13)19-14-11(10-22)9-18-15(21-14)25-4;2*1-2/h5-10H,1-4H3,(H,20,23)(H,18,19,21);2*1-2H3. The molecule has 2 aromatic rings. The predicted molar refractivity (Wildman–Crippen MR) is 121 cm³/mol. The number of amides is 1. The zero-order chi connectivity index (χ0) is 22.4. The average Bonchev–Trinajstić information content (AvgIpc) is 2.69. The summed E-state index contributed by atoms with van der Waals surface area (Å²) in [5, 5.41) is 6.29. The Kier molecular flexibility index (Phi) is 12.3. The van der Waals surface area contributed by atoms with Gasteiger partial charge in [-0.25, -0.2) is 14.8 Å². The van der Waals surface area contributed by atoms with E-state index in [4.69, 9.17) is 4.74 Å². The molecule has 0 saturated heterocycles. The molecular formula is C21H32N4O3S. The van der Waals surface area contributed by atoms with Gasteiger partial charge in [0.15, 0.2) is 11.4 Å². The fourth-order valence-electron chi connectivity index (χ4n) is 1.89. The monoisotopic (exact) mass is 420 g/mol. The Morgan fingerprint density at radius 3 is 2.31 bits per heavy atom. The topological polar surface area (TPSA) is 93.2 Å². The number of benzene rings is 1. The fourth-order valence-corrected chi connectivity index (χ4v) is 2.23. The largest absolute Gasteiger partial charge is 0.444 e. The van der Waals surface area contributed by atoms with Crippen LogP contribution in [0.5, 0.6) is 0 Å². The number of rotatable bonds is 5. The van der Waals surface area contributed by atoms with Gasteiger partial charge in [-0.05, 0) is 45.2 Å². The van der Waals surface area contributed by atoms with Crippen molar-refractivity contribution in [2.75, 3.05) is 16.9 Å². The van der Waals surface area contributed by atoms with Crippen LogP contribution >= 0.6 is 11.8 Å². The van der Waals surface area contributed by atoms with Gasteiger partial charge < -0.3 is 10.1 Å². The van der Waals surface area contributed by atoms with Crippen LogP contribution in [-0.2, 0) is 4.74 Å². The Labute approximate surface area is 178 Å². The van der Waals surface area contributed by atoms with Crippen LogP contribution in [0.4, 0.5) is 22.0 Å². The molecule has 0 aliphatic carbocycles. The van der Waals surface area contributed by atoms with E-state index in [1.807, 2.05) is 34.0 Å². The van der Waals surface area contributed by atoms with Crippen molar-refractivity contribution in [2.24, 2.45) is 0 Å². The number of carbonyl (C=O) groups excluding carboxylic acids is 2. The van der Waals surface area contributed by atoms with Gasteiger partial charge >= 0.3 is 6.09 Å². The molecule has 0 atom stereocenters. The van der Waals surface area contributed by atoms with Crippen molar-refractivity contribution in [3.63, 3.8) is 0 Å². The zero-order valence-corrected chi connectivity index (χ0v) is 19.3. The van der Waals surface area contributed by atoms with Gasteiger partial charge in [0.05, 0.1) is 5.56 Å². The van der Waals surface area contributed by atoms with Gasteiger partial charge in [0.25, 0.3) is 0 Å². The number of ether oxygens (including phenoxy) is 1. The average molecular weight is 421 g/mol. The summed E-state index contributed by atoms with van der Waals surface area (Å²) in [6.07, 6.45) is 3.47. The fraction of sp³-hybridized carbons (Fsp3) is 0.429. The Morgan fingerprint density at radius 1 is 1.14 bits per heavy atom. The van der Waals surface area contributed by atoms with E-state index in [2.05, 4.69) is 20.6 Å². The number of hydrogen-bond donors (Lipinski definition) is 2. The number of aromatic nitrogens is 2. The molecule has 0 radical (unpaired) electrons. The van der Waals surface area contributed by atoms with Crippen molar-refractivity contribution in [3.05, 3.63) is 36.0 Å². The van der Waals surface area contributed by atoms with Crippen LogP contribution in [0.1, 0.15) is 58.8 Å². The molecule has 1 heterocycles. The third-order valence-electron chi connectivity index (χ3n) is 2.88. The van der Waals surface area contributed by atoms with E-state index >= 15 is 0 Å². The number of thioether (sulfide) groups is 1. The second kappa shape index (κ2) is 13.5. The first-order chi connectivity index (χ1) is 13.8. The molecule has 0 saturated carbocycles.